The fourth-order valence-corrected chi connectivity index (χ4v) is 2.56. The predicted molar refractivity (Wildman–Crippen MR) is 98.4 cm³/mol. The van der Waals surface area contributed by atoms with Crippen molar-refractivity contribution < 1.29 is 9.90 Å². The number of nitrogens with one attached hydrogen (secondary N) is 2. The third-order valence-electron chi connectivity index (χ3n) is 3.88. The molecule has 0 saturated carbocycles. The molecule has 3 rings (SSSR count). The average Bonchev–Trinajstić information content (AvgIpc) is 2.61. The number of aromatic hydroxyl groups is 1. The number of hydrogen-bond donors (Lipinski definition) is 3. The molecule has 0 atom stereocenters. The van der Waals surface area contributed by atoms with E-state index in [1.165, 1.54) is 12.2 Å². The van der Waals surface area contributed by atoms with E-state index < -0.39 is 0 Å². The lowest BCUT2D eigenvalue weighted by molar-refractivity contribution is -0.116. The van der Waals surface area contributed by atoms with Gasteiger partial charge in [-0.3, -0.25) is 9.59 Å². The number of rotatable bonds is 5. The van der Waals surface area contributed by atoms with Crippen LogP contribution in [0, 0.1) is 0 Å². The zero-order chi connectivity index (χ0) is 17.6. The Hall–Kier alpha value is -3.34. The van der Waals surface area contributed by atoms with Crippen LogP contribution in [-0.2, 0) is 11.2 Å². The zero-order valence-electron chi connectivity index (χ0n) is 13.5. The molecule has 3 N–H and O–H groups in total. The third-order valence-corrected chi connectivity index (χ3v) is 3.88. The van der Waals surface area contributed by atoms with E-state index in [1.807, 2.05) is 36.4 Å². The minimum absolute atomic E-state index is 0.218. The summed E-state index contributed by atoms with van der Waals surface area (Å²) in [7, 11) is 0. The monoisotopic (exact) mass is 334 g/mol. The quantitative estimate of drug-likeness (QED) is 0.627. The molecule has 0 saturated heterocycles. The van der Waals surface area contributed by atoms with Crippen molar-refractivity contribution in [3.63, 3.8) is 0 Å². The van der Waals surface area contributed by atoms with E-state index in [-0.39, 0.29) is 17.2 Å². The summed E-state index contributed by atoms with van der Waals surface area (Å²) in [5.74, 6) is -0.0713. The fourth-order valence-electron chi connectivity index (χ4n) is 2.56. The van der Waals surface area contributed by atoms with E-state index in [9.17, 15) is 14.7 Å². The van der Waals surface area contributed by atoms with Crippen molar-refractivity contribution in [3.05, 3.63) is 82.2 Å². The molecule has 0 aliphatic heterocycles. The molecule has 0 bridgehead atoms. The van der Waals surface area contributed by atoms with Crippen molar-refractivity contribution in [2.45, 2.75) is 6.42 Å². The summed E-state index contributed by atoms with van der Waals surface area (Å²) in [5.41, 5.74) is 1.72. The molecule has 1 heterocycles. The summed E-state index contributed by atoms with van der Waals surface area (Å²) >= 11 is 0. The van der Waals surface area contributed by atoms with Gasteiger partial charge in [-0.2, -0.15) is 0 Å². The Morgan fingerprint density at radius 2 is 1.88 bits per heavy atom. The molecule has 0 aliphatic carbocycles. The van der Waals surface area contributed by atoms with E-state index in [4.69, 9.17) is 0 Å². The molecule has 126 valence electrons. The summed E-state index contributed by atoms with van der Waals surface area (Å²) in [6.07, 6.45) is 3.37. The topological polar surface area (TPSA) is 82.2 Å². The van der Waals surface area contributed by atoms with Crippen molar-refractivity contribution in [2.24, 2.45) is 0 Å². The smallest absolute Gasteiger partial charge is 0.255 e. The minimum atomic E-state index is -0.289. The SMILES string of the molecule is O=C(/C=C/c1cc2ccccc2[nH]c1=O)NCCc1ccccc1O. The Labute approximate surface area is 144 Å². The highest BCUT2D eigenvalue weighted by Gasteiger charge is 2.02. The number of phenols is 1. The van der Waals surface area contributed by atoms with Gasteiger partial charge in [0.05, 0.1) is 0 Å². The molecule has 0 radical (unpaired) electrons. The molecule has 5 heteroatoms. The molecule has 0 spiro atoms. The number of pyridine rings is 1. The van der Waals surface area contributed by atoms with Crippen molar-refractivity contribution in [1.82, 2.24) is 10.3 Å². The van der Waals surface area contributed by atoms with Gasteiger partial charge in [-0.25, -0.2) is 0 Å². The summed E-state index contributed by atoms with van der Waals surface area (Å²) in [6, 6.07) is 16.2. The van der Waals surface area contributed by atoms with Gasteiger partial charge in [0.2, 0.25) is 5.91 Å². The van der Waals surface area contributed by atoms with Gasteiger partial charge in [0.15, 0.2) is 0 Å². The van der Waals surface area contributed by atoms with Crippen molar-refractivity contribution in [2.75, 3.05) is 6.54 Å². The molecule has 2 aromatic carbocycles. The van der Waals surface area contributed by atoms with Crippen molar-refractivity contribution in [1.29, 1.82) is 0 Å². The predicted octanol–water partition coefficient (Wildman–Crippen LogP) is 2.61. The van der Waals surface area contributed by atoms with Gasteiger partial charge >= 0.3 is 0 Å². The molecular formula is C20H18N2O3. The van der Waals surface area contributed by atoms with Crippen LogP contribution in [0.1, 0.15) is 11.1 Å². The number of amides is 1. The number of phenolic OH excluding ortho intramolecular Hbond substituents is 1. The summed E-state index contributed by atoms with van der Waals surface area (Å²) in [4.78, 5) is 26.7. The molecule has 0 unspecified atom stereocenters. The number of aromatic amines is 1. The second-order valence-electron chi connectivity index (χ2n) is 5.64. The van der Waals surface area contributed by atoms with Crippen LogP contribution in [0.25, 0.3) is 17.0 Å². The van der Waals surface area contributed by atoms with E-state index in [0.717, 1.165) is 16.5 Å². The second-order valence-corrected chi connectivity index (χ2v) is 5.64. The first kappa shape index (κ1) is 16.5. The number of para-hydroxylation sites is 2. The van der Waals surface area contributed by atoms with Crippen LogP contribution in [0.3, 0.4) is 0 Å². The van der Waals surface area contributed by atoms with Crippen molar-refractivity contribution >= 4 is 22.9 Å². The second kappa shape index (κ2) is 7.49. The molecule has 1 aromatic heterocycles. The van der Waals surface area contributed by atoms with E-state index in [0.29, 0.717) is 18.5 Å². The number of benzene rings is 2. The first-order valence-corrected chi connectivity index (χ1v) is 7.98. The van der Waals surface area contributed by atoms with E-state index in [2.05, 4.69) is 10.3 Å². The largest absolute Gasteiger partial charge is 0.508 e. The normalized spacial score (nSPS) is 11.0. The summed E-state index contributed by atoms with van der Waals surface area (Å²) in [6.45, 7) is 0.398. The molecule has 0 fully saturated rings. The molecule has 5 nitrogen and oxygen atoms in total. The first-order chi connectivity index (χ1) is 12.1. The van der Waals surface area contributed by atoms with E-state index in [1.54, 1.807) is 18.2 Å². The number of carbonyl (C=O) groups is 1. The third kappa shape index (κ3) is 4.14. The van der Waals surface area contributed by atoms with Crippen LogP contribution in [-0.4, -0.2) is 22.5 Å². The van der Waals surface area contributed by atoms with Crippen LogP contribution in [0.5, 0.6) is 5.75 Å². The lowest BCUT2D eigenvalue weighted by Crippen LogP contribution is -2.23. The average molecular weight is 334 g/mol. The molecule has 0 aliphatic rings. The maximum atomic E-state index is 12.0. The summed E-state index contributed by atoms with van der Waals surface area (Å²) in [5, 5.41) is 13.3. The molecule has 25 heavy (non-hydrogen) atoms. The highest BCUT2D eigenvalue weighted by molar-refractivity contribution is 5.92. The van der Waals surface area contributed by atoms with Crippen LogP contribution in [0.15, 0.2) is 65.5 Å². The van der Waals surface area contributed by atoms with Crippen LogP contribution >= 0.6 is 0 Å². The maximum Gasteiger partial charge on any atom is 0.255 e. The van der Waals surface area contributed by atoms with Gasteiger partial charge in [0, 0.05) is 23.7 Å². The Morgan fingerprint density at radius 3 is 2.72 bits per heavy atom. The Kier molecular flexibility index (Phi) is 4.95. The highest BCUT2D eigenvalue weighted by atomic mass is 16.3. The van der Waals surface area contributed by atoms with Gasteiger partial charge in [0.25, 0.3) is 5.56 Å². The van der Waals surface area contributed by atoms with Gasteiger partial charge in [0.1, 0.15) is 5.75 Å². The van der Waals surface area contributed by atoms with Crippen LogP contribution < -0.4 is 10.9 Å². The van der Waals surface area contributed by atoms with Crippen LogP contribution in [0.4, 0.5) is 0 Å². The summed E-state index contributed by atoms with van der Waals surface area (Å²) < 4.78 is 0. The van der Waals surface area contributed by atoms with Gasteiger partial charge in [-0.15, -0.1) is 0 Å². The number of carbonyl (C=O) groups excluding carboxylic acids is 1. The Bertz CT molecular complexity index is 989. The fraction of sp³-hybridized carbons (Fsp3) is 0.100. The Morgan fingerprint density at radius 1 is 1.12 bits per heavy atom. The van der Waals surface area contributed by atoms with Gasteiger partial charge in [-0.05, 0) is 41.6 Å². The van der Waals surface area contributed by atoms with Crippen molar-refractivity contribution in [3.8, 4) is 5.75 Å². The Balaban J connectivity index is 1.62. The van der Waals surface area contributed by atoms with Crippen LogP contribution in [0.2, 0.25) is 0 Å². The zero-order valence-corrected chi connectivity index (χ0v) is 13.5. The number of H-pyrrole nitrogens is 1. The number of hydrogen-bond acceptors (Lipinski definition) is 3. The number of aromatic nitrogens is 1. The maximum absolute atomic E-state index is 12.0. The molecule has 1 amide bonds. The molecular weight excluding hydrogens is 316 g/mol. The van der Waals surface area contributed by atoms with Gasteiger partial charge < -0.3 is 15.4 Å². The van der Waals surface area contributed by atoms with Gasteiger partial charge in [-0.1, -0.05) is 36.4 Å². The van der Waals surface area contributed by atoms with E-state index >= 15 is 0 Å². The lowest BCUT2D eigenvalue weighted by Gasteiger charge is -2.04. The highest BCUT2D eigenvalue weighted by Crippen LogP contribution is 2.15. The first-order valence-electron chi connectivity index (χ1n) is 7.98. The minimum Gasteiger partial charge on any atom is -0.508 e. The standard InChI is InChI=1S/C20H18N2O3/c23-18-8-4-2-5-14(18)11-12-21-19(24)10-9-16-13-15-6-1-3-7-17(15)22-20(16)25/h1-10,13,23H,11-12H2,(H,21,24)(H,22,25)/b10-9+. The molecule has 3 aromatic rings. The number of fused-ring (bicyclic) bond motifs is 1. The lowest BCUT2D eigenvalue weighted by atomic mass is 10.1.